The monoisotopic (exact) mass is 329 g/mol. The molecule has 2 aromatic rings. The van der Waals surface area contributed by atoms with Crippen molar-refractivity contribution in [1.29, 1.82) is 0 Å². The molecule has 1 amide bonds. The van der Waals surface area contributed by atoms with E-state index in [4.69, 9.17) is 0 Å². The number of hydrogen-bond donors (Lipinski definition) is 1. The topological polar surface area (TPSA) is 45.2 Å². The molecule has 0 spiro atoms. The number of carbonyl (C=O) groups excluding carboxylic acids is 1. The Bertz CT molecular complexity index is 674. The molecule has 4 nitrogen and oxygen atoms in total. The van der Waals surface area contributed by atoms with Crippen LogP contribution in [-0.2, 0) is 0 Å². The number of piperidine rings is 1. The Kier molecular flexibility index (Phi) is 5.08. The molecular weight excluding hydrogens is 306 g/mol. The van der Waals surface area contributed by atoms with E-state index < -0.39 is 0 Å². The van der Waals surface area contributed by atoms with Crippen LogP contribution in [0.15, 0.2) is 29.6 Å². The van der Waals surface area contributed by atoms with Gasteiger partial charge in [-0.25, -0.2) is 4.98 Å². The maximum atomic E-state index is 12.6. The molecule has 0 saturated carbocycles. The lowest BCUT2D eigenvalue weighted by Gasteiger charge is -2.31. The zero-order valence-electron chi connectivity index (χ0n) is 13.7. The van der Waals surface area contributed by atoms with Crippen LogP contribution in [0, 0.1) is 12.8 Å². The summed E-state index contributed by atoms with van der Waals surface area (Å²) >= 11 is 1.55. The first-order valence-electron chi connectivity index (χ1n) is 8.14. The van der Waals surface area contributed by atoms with Gasteiger partial charge in [-0.2, -0.15) is 0 Å². The highest BCUT2D eigenvalue weighted by Crippen LogP contribution is 2.27. The van der Waals surface area contributed by atoms with Crippen molar-refractivity contribution in [2.24, 2.45) is 5.92 Å². The molecule has 1 saturated heterocycles. The number of amides is 1. The molecule has 0 radical (unpaired) electrons. The molecule has 1 aliphatic heterocycles. The highest BCUT2D eigenvalue weighted by atomic mass is 32.1. The lowest BCUT2D eigenvalue weighted by atomic mass is 9.97. The molecule has 0 aliphatic carbocycles. The average Bonchev–Trinajstić information content (AvgIpc) is 3.05. The molecule has 3 rings (SSSR count). The summed E-state index contributed by atoms with van der Waals surface area (Å²) in [6.45, 7) is 4.78. The van der Waals surface area contributed by atoms with Gasteiger partial charge < -0.3 is 10.2 Å². The van der Waals surface area contributed by atoms with Crippen LogP contribution >= 0.6 is 11.3 Å². The van der Waals surface area contributed by atoms with Crippen molar-refractivity contribution in [2.45, 2.75) is 19.8 Å². The molecular formula is C18H23N3OS. The summed E-state index contributed by atoms with van der Waals surface area (Å²) in [6, 6.07) is 8.17. The Balaban J connectivity index is 1.69. The van der Waals surface area contributed by atoms with Gasteiger partial charge in [-0.3, -0.25) is 4.79 Å². The van der Waals surface area contributed by atoms with Crippen molar-refractivity contribution in [2.75, 3.05) is 26.7 Å². The number of aromatic nitrogens is 1. The van der Waals surface area contributed by atoms with E-state index in [1.807, 2.05) is 29.5 Å². The number of benzene rings is 1. The number of aryl methyl sites for hydroxylation is 1. The van der Waals surface area contributed by atoms with Gasteiger partial charge in [0, 0.05) is 24.0 Å². The zero-order valence-corrected chi connectivity index (χ0v) is 14.5. The van der Waals surface area contributed by atoms with Crippen molar-refractivity contribution in [3.63, 3.8) is 0 Å². The fraction of sp³-hybridized carbons (Fsp3) is 0.444. The quantitative estimate of drug-likeness (QED) is 0.937. The van der Waals surface area contributed by atoms with Gasteiger partial charge in [0.15, 0.2) is 0 Å². The normalized spacial score (nSPS) is 15.8. The molecule has 1 aromatic heterocycles. The Labute approximate surface area is 141 Å². The van der Waals surface area contributed by atoms with Crippen molar-refractivity contribution in [3.8, 4) is 10.6 Å². The molecule has 1 aromatic carbocycles. The van der Waals surface area contributed by atoms with Gasteiger partial charge in [-0.05, 0) is 44.8 Å². The molecule has 1 fully saturated rings. The van der Waals surface area contributed by atoms with E-state index in [1.165, 1.54) is 5.56 Å². The average molecular weight is 329 g/mol. The van der Waals surface area contributed by atoms with E-state index >= 15 is 0 Å². The minimum Gasteiger partial charge on any atom is -0.337 e. The third kappa shape index (κ3) is 3.62. The Morgan fingerprint density at radius 1 is 1.35 bits per heavy atom. The number of thiazole rings is 1. The van der Waals surface area contributed by atoms with Gasteiger partial charge in [0.25, 0.3) is 5.91 Å². The highest BCUT2D eigenvalue weighted by molar-refractivity contribution is 7.13. The molecule has 0 bridgehead atoms. The summed E-state index contributed by atoms with van der Waals surface area (Å²) in [5.41, 5.74) is 2.89. The van der Waals surface area contributed by atoms with Gasteiger partial charge in [-0.1, -0.05) is 24.3 Å². The fourth-order valence-electron chi connectivity index (χ4n) is 3.10. The van der Waals surface area contributed by atoms with E-state index in [0.29, 0.717) is 11.6 Å². The standard InChI is InChI=1S/C18H23N3OS/c1-13-5-3-4-6-15(13)17-20-16(12-23-17)18(22)21-9-7-14(8-10-21)11-19-2/h3-6,12,14,19H,7-11H2,1-2H3. The Morgan fingerprint density at radius 2 is 2.09 bits per heavy atom. The van der Waals surface area contributed by atoms with Crippen LogP contribution in [0.25, 0.3) is 10.6 Å². The van der Waals surface area contributed by atoms with Gasteiger partial charge in [0.05, 0.1) is 0 Å². The van der Waals surface area contributed by atoms with Gasteiger partial charge in [0.2, 0.25) is 0 Å². The van der Waals surface area contributed by atoms with Crippen molar-refractivity contribution >= 4 is 17.2 Å². The Hall–Kier alpha value is -1.72. The summed E-state index contributed by atoms with van der Waals surface area (Å²) in [6.07, 6.45) is 2.14. The summed E-state index contributed by atoms with van der Waals surface area (Å²) in [5.74, 6) is 0.756. The van der Waals surface area contributed by atoms with Gasteiger partial charge in [-0.15, -0.1) is 11.3 Å². The lowest BCUT2D eigenvalue weighted by molar-refractivity contribution is 0.0686. The minimum atomic E-state index is 0.0731. The van der Waals surface area contributed by atoms with Crippen LogP contribution in [0.4, 0.5) is 0 Å². The first kappa shape index (κ1) is 16.1. The maximum Gasteiger partial charge on any atom is 0.273 e. The number of hydrogen-bond acceptors (Lipinski definition) is 4. The van der Waals surface area contributed by atoms with E-state index in [1.54, 1.807) is 11.3 Å². The summed E-state index contributed by atoms with van der Waals surface area (Å²) < 4.78 is 0. The first-order valence-corrected chi connectivity index (χ1v) is 9.02. The molecule has 1 aliphatic rings. The van der Waals surface area contributed by atoms with Gasteiger partial charge in [0.1, 0.15) is 10.7 Å². The van der Waals surface area contributed by atoms with E-state index in [-0.39, 0.29) is 5.91 Å². The third-order valence-corrected chi connectivity index (χ3v) is 5.37. The number of likely N-dealkylation sites (tertiary alicyclic amines) is 1. The van der Waals surface area contributed by atoms with Crippen molar-refractivity contribution in [3.05, 3.63) is 40.9 Å². The SMILES string of the molecule is CNCC1CCN(C(=O)c2csc(-c3ccccc3C)n2)CC1. The van der Waals surface area contributed by atoms with Crippen LogP contribution in [0.1, 0.15) is 28.9 Å². The number of rotatable bonds is 4. The molecule has 2 heterocycles. The summed E-state index contributed by atoms with van der Waals surface area (Å²) in [5, 5.41) is 6.05. The van der Waals surface area contributed by atoms with Crippen LogP contribution < -0.4 is 5.32 Å². The van der Waals surface area contributed by atoms with Crippen LogP contribution in [0.3, 0.4) is 0 Å². The highest BCUT2D eigenvalue weighted by Gasteiger charge is 2.25. The second-order valence-corrected chi connectivity index (χ2v) is 7.00. The fourth-order valence-corrected chi connectivity index (χ4v) is 3.98. The van der Waals surface area contributed by atoms with Crippen molar-refractivity contribution < 1.29 is 4.79 Å². The third-order valence-electron chi connectivity index (χ3n) is 4.49. The number of nitrogens with zero attached hydrogens (tertiary/aromatic N) is 2. The van der Waals surface area contributed by atoms with Crippen LogP contribution in [-0.4, -0.2) is 42.5 Å². The van der Waals surface area contributed by atoms with E-state index in [2.05, 4.69) is 29.4 Å². The van der Waals surface area contributed by atoms with E-state index in [9.17, 15) is 4.79 Å². The largest absolute Gasteiger partial charge is 0.337 e. The van der Waals surface area contributed by atoms with E-state index in [0.717, 1.165) is 43.0 Å². The molecule has 5 heteroatoms. The molecule has 23 heavy (non-hydrogen) atoms. The molecule has 0 atom stereocenters. The second-order valence-electron chi connectivity index (χ2n) is 6.15. The van der Waals surface area contributed by atoms with Crippen molar-refractivity contribution in [1.82, 2.24) is 15.2 Å². The smallest absolute Gasteiger partial charge is 0.273 e. The Morgan fingerprint density at radius 3 is 2.78 bits per heavy atom. The predicted molar refractivity (Wildman–Crippen MR) is 94.8 cm³/mol. The maximum absolute atomic E-state index is 12.6. The molecule has 122 valence electrons. The number of carbonyl (C=O) groups is 1. The minimum absolute atomic E-state index is 0.0731. The number of nitrogens with one attached hydrogen (secondary N) is 1. The predicted octanol–water partition coefficient (Wildman–Crippen LogP) is 3.19. The first-order chi connectivity index (χ1) is 11.2. The second kappa shape index (κ2) is 7.23. The summed E-state index contributed by atoms with van der Waals surface area (Å²) in [4.78, 5) is 19.2. The molecule has 1 N–H and O–H groups in total. The summed E-state index contributed by atoms with van der Waals surface area (Å²) in [7, 11) is 1.99. The van der Waals surface area contributed by atoms with Crippen LogP contribution in [0.5, 0.6) is 0 Å². The lowest BCUT2D eigenvalue weighted by Crippen LogP contribution is -2.40. The zero-order chi connectivity index (χ0) is 16.2. The molecule has 0 unspecified atom stereocenters. The van der Waals surface area contributed by atoms with Gasteiger partial charge >= 0.3 is 0 Å². The van der Waals surface area contributed by atoms with Crippen LogP contribution in [0.2, 0.25) is 0 Å².